The van der Waals surface area contributed by atoms with E-state index in [1.165, 1.54) is 12.3 Å². The third-order valence-electron chi connectivity index (χ3n) is 2.49. The molecule has 98 valence electrons. The number of rotatable bonds is 4. The van der Waals surface area contributed by atoms with Gasteiger partial charge in [0, 0.05) is 15.3 Å². The number of carbonyl (C=O) groups excluding carboxylic acids is 1. The van der Waals surface area contributed by atoms with Gasteiger partial charge in [-0.15, -0.1) is 0 Å². The summed E-state index contributed by atoms with van der Waals surface area (Å²) in [7, 11) is 0. The van der Waals surface area contributed by atoms with Crippen LogP contribution in [0.4, 0.5) is 4.39 Å². The molecule has 19 heavy (non-hydrogen) atoms. The summed E-state index contributed by atoms with van der Waals surface area (Å²) >= 11 is 2.14. The number of ether oxygens (including phenoxy) is 1. The average molecular weight is 371 g/mol. The Bertz CT molecular complexity index is 599. The molecule has 1 heterocycles. The van der Waals surface area contributed by atoms with Gasteiger partial charge < -0.3 is 4.74 Å². The molecule has 5 heteroatoms. The first-order valence-corrected chi connectivity index (χ1v) is 6.79. The molecule has 0 radical (unpaired) electrons. The van der Waals surface area contributed by atoms with Crippen molar-refractivity contribution in [2.75, 3.05) is 6.61 Å². The highest BCUT2D eigenvalue weighted by molar-refractivity contribution is 14.1. The Morgan fingerprint density at radius 3 is 2.63 bits per heavy atom. The van der Waals surface area contributed by atoms with Crippen molar-refractivity contribution in [3.8, 4) is 5.88 Å². The van der Waals surface area contributed by atoms with Gasteiger partial charge in [0.15, 0.2) is 11.6 Å². The summed E-state index contributed by atoms with van der Waals surface area (Å²) < 4.78 is 20.1. The maximum absolute atomic E-state index is 14.1. The van der Waals surface area contributed by atoms with Crippen LogP contribution in [0.5, 0.6) is 5.88 Å². The lowest BCUT2D eigenvalue weighted by atomic mass is 10.0. The Morgan fingerprint density at radius 2 is 2.00 bits per heavy atom. The molecule has 0 saturated heterocycles. The van der Waals surface area contributed by atoms with E-state index in [0.29, 0.717) is 12.2 Å². The van der Waals surface area contributed by atoms with Crippen molar-refractivity contribution in [1.29, 1.82) is 0 Å². The van der Waals surface area contributed by atoms with Gasteiger partial charge in [-0.3, -0.25) is 4.79 Å². The Labute approximate surface area is 124 Å². The lowest BCUT2D eigenvalue weighted by Crippen LogP contribution is -2.07. The fourth-order valence-electron chi connectivity index (χ4n) is 1.59. The van der Waals surface area contributed by atoms with E-state index < -0.39 is 5.82 Å². The van der Waals surface area contributed by atoms with Crippen LogP contribution in [-0.2, 0) is 0 Å². The van der Waals surface area contributed by atoms with Gasteiger partial charge in [-0.25, -0.2) is 9.37 Å². The van der Waals surface area contributed by atoms with Gasteiger partial charge in [-0.2, -0.15) is 0 Å². The van der Waals surface area contributed by atoms with E-state index in [1.54, 1.807) is 31.2 Å². The van der Waals surface area contributed by atoms with E-state index in [0.717, 1.165) is 3.57 Å². The van der Waals surface area contributed by atoms with Crippen LogP contribution in [0.15, 0.2) is 36.5 Å². The lowest BCUT2D eigenvalue weighted by molar-refractivity contribution is 0.103. The fourth-order valence-corrected chi connectivity index (χ4v) is 1.95. The molecule has 0 aliphatic rings. The van der Waals surface area contributed by atoms with Crippen LogP contribution in [0.2, 0.25) is 0 Å². The van der Waals surface area contributed by atoms with E-state index in [-0.39, 0.29) is 17.2 Å². The fraction of sp³-hybridized carbons (Fsp3) is 0.143. The Kier molecular flexibility index (Phi) is 4.47. The lowest BCUT2D eigenvalue weighted by Gasteiger charge is -2.07. The van der Waals surface area contributed by atoms with Crippen LogP contribution < -0.4 is 4.74 Å². The van der Waals surface area contributed by atoms with Crippen molar-refractivity contribution in [2.45, 2.75) is 6.92 Å². The monoisotopic (exact) mass is 371 g/mol. The van der Waals surface area contributed by atoms with Gasteiger partial charge in [0.2, 0.25) is 0 Å². The summed E-state index contributed by atoms with van der Waals surface area (Å²) in [6.07, 6.45) is 1.37. The largest absolute Gasteiger partial charge is 0.476 e. The molecule has 2 aromatic rings. The molecule has 0 fully saturated rings. The van der Waals surface area contributed by atoms with Gasteiger partial charge in [0.05, 0.1) is 12.2 Å². The molecule has 0 amide bonds. The normalized spacial score (nSPS) is 10.3. The zero-order valence-electron chi connectivity index (χ0n) is 10.2. The molecule has 1 aromatic heterocycles. The quantitative estimate of drug-likeness (QED) is 0.611. The van der Waals surface area contributed by atoms with Crippen molar-refractivity contribution in [3.63, 3.8) is 0 Å². The zero-order valence-corrected chi connectivity index (χ0v) is 12.3. The molecule has 0 N–H and O–H groups in total. The Hall–Kier alpha value is -1.50. The standard InChI is InChI=1S/C14H11FINO2/c1-2-19-14-12(15)11(7-8-17-14)13(18)9-3-5-10(16)6-4-9/h3-8H,2H2,1H3. The minimum Gasteiger partial charge on any atom is -0.476 e. The van der Waals surface area contributed by atoms with Gasteiger partial charge in [-0.1, -0.05) is 0 Å². The maximum atomic E-state index is 14.1. The van der Waals surface area contributed by atoms with E-state index in [1.807, 2.05) is 0 Å². The number of halogens is 2. The minimum atomic E-state index is -0.715. The summed E-state index contributed by atoms with van der Waals surface area (Å²) in [5, 5.41) is 0. The van der Waals surface area contributed by atoms with E-state index >= 15 is 0 Å². The molecule has 0 unspecified atom stereocenters. The second-order valence-corrected chi connectivity index (χ2v) is 4.99. The molecule has 0 atom stereocenters. The highest BCUT2D eigenvalue weighted by atomic mass is 127. The van der Waals surface area contributed by atoms with Crippen molar-refractivity contribution in [3.05, 3.63) is 57.0 Å². The highest BCUT2D eigenvalue weighted by Gasteiger charge is 2.18. The highest BCUT2D eigenvalue weighted by Crippen LogP contribution is 2.20. The first-order valence-electron chi connectivity index (χ1n) is 5.71. The number of ketones is 1. The Balaban J connectivity index is 2.38. The third-order valence-corrected chi connectivity index (χ3v) is 3.21. The smallest absolute Gasteiger partial charge is 0.251 e. The van der Waals surface area contributed by atoms with E-state index in [2.05, 4.69) is 27.6 Å². The van der Waals surface area contributed by atoms with Crippen LogP contribution >= 0.6 is 22.6 Å². The number of hydrogen-bond acceptors (Lipinski definition) is 3. The van der Waals surface area contributed by atoms with Gasteiger partial charge in [0.1, 0.15) is 0 Å². The van der Waals surface area contributed by atoms with Crippen LogP contribution in [-0.4, -0.2) is 17.4 Å². The topological polar surface area (TPSA) is 39.2 Å². The first kappa shape index (κ1) is 13.9. The number of pyridine rings is 1. The number of benzene rings is 1. The second-order valence-electron chi connectivity index (χ2n) is 3.75. The predicted octanol–water partition coefficient (Wildman–Crippen LogP) is 3.46. The molecule has 2 rings (SSSR count). The number of carbonyl (C=O) groups is 1. The summed E-state index contributed by atoms with van der Waals surface area (Å²) in [6, 6.07) is 8.31. The van der Waals surface area contributed by atoms with Crippen LogP contribution in [0.25, 0.3) is 0 Å². The molecule has 0 saturated carbocycles. The maximum Gasteiger partial charge on any atom is 0.251 e. The summed E-state index contributed by atoms with van der Waals surface area (Å²) in [5.41, 5.74) is 0.410. The Morgan fingerprint density at radius 1 is 1.32 bits per heavy atom. The van der Waals surface area contributed by atoms with Crippen molar-refractivity contribution < 1.29 is 13.9 Å². The molecule has 0 aliphatic carbocycles. The molecule has 0 spiro atoms. The molecule has 0 bridgehead atoms. The summed E-state index contributed by atoms with van der Waals surface area (Å²) in [6.45, 7) is 2.03. The van der Waals surface area contributed by atoms with Gasteiger partial charge in [-0.05, 0) is 59.8 Å². The molecule has 1 aromatic carbocycles. The van der Waals surface area contributed by atoms with Crippen molar-refractivity contribution >= 4 is 28.4 Å². The number of aromatic nitrogens is 1. The van der Waals surface area contributed by atoms with Gasteiger partial charge in [0.25, 0.3) is 5.88 Å². The zero-order chi connectivity index (χ0) is 13.8. The minimum absolute atomic E-state index is 0.0281. The van der Waals surface area contributed by atoms with Crippen LogP contribution in [0, 0.1) is 9.39 Å². The number of hydrogen-bond donors (Lipinski definition) is 0. The van der Waals surface area contributed by atoms with Crippen molar-refractivity contribution in [2.24, 2.45) is 0 Å². The second kappa shape index (κ2) is 6.10. The van der Waals surface area contributed by atoms with Crippen LogP contribution in [0.3, 0.4) is 0 Å². The third kappa shape index (κ3) is 3.09. The van der Waals surface area contributed by atoms with E-state index in [9.17, 15) is 9.18 Å². The van der Waals surface area contributed by atoms with Gasteiger partial charge >= 0.3 is 0 Å². The SMILES string of the molecule is CCOc1nccc(C(=O)c2ccc(I)cc2)c1F. The van der Waals surface area contributed by atoms with Crippen LogP contribution in [0.1, 0.15) is 22.8 Å². The summed E-state index contributed by atoms with van der Waals surface area (Å²) in [5.74, 6) is -1.23. The van der Waals surface area contributed by atoms with Crippen molar-refractivity contribution in [1.82, 2.24) is 4.98 Å². The molecule has 0 aliphatic heterocycles. The predicted molar refractivity (Wildman–Crippen MR) is 78.0 cm³/mol. The first-order chi connectivity index (χ1) is 9.13. The average Bonchev–Trinajstić information content (AvgIpc) is 2.41. The molecular weight excluding hydrogens is 360 g/mol. The summed E-state index contributed by atoms with van der Waals surface area (Å²) in [4.78, 5) is 16.0. The molecule has 3 nitrogen and oxygen atoms in total. The number of nitrogens with zero attached hydrogens (tertiary/aromatic N) is 1. The molecular formula is C14H11FINO2. The van der Waals surface area contributed by atoms with E-state index in [4.69, 9.17) is 4.74 Å².